The van der Waals surface area contributed by atoms with Crippen molar-refractivity contribution in [3.8, 4) is 11.1 Å². The number of aliphatic imine (C=N–C) groups is 1. The summed E-state index contributed by atoms with van der Waals surface area (Å²) in [6.07, 6.45) is 2.19. The van der Waals surface area contributed by atoms with Crippen LogP contribution in [0.15, 0.2) is 45.9 Å². The summed E-state index contributed by atoms with van der Waals surface area (Å²) in [4.78, 5) is 4.09. The number of nitrogens with zero attached hydrogens (tertiary/aromatic N) is 1. The van der Waals surface area contributed by atoms with Crippen LogP contribution in [0.5, 0.6) is 0 Å². The zero-order valence-electron chi connectivity index (χ0n) is 9.52. The molecule has 18 heavy (non-hydrogen) atoms. The van der Waals surface area contributed by atoms with Gasteiger partial charge in [0.2, 0.25) is 0 Å². The SMILES string of the molecule is ONC=Nc1ccc2c(c1)Cc1cc(Br)ccc1-2. The highest BCUT2D eigenvalue weighted by molar-refractivity contribution is 9.10. The number of nitrogens with one attached hydrogen (secondary N) is 1. The summed E-state index contributed by atoms with van der Waals surface area (Å²) in [5, 5.41) is 8.49. The Labute approximate surface area is 113 Å². The summed E-state index contributed by atoms with van der Waals surface area (Å²) in [5.41, 5.74) is 7.92. The number of hydroxylamine groups is 1. The third-order valence-electron chi connectivity index (χ3n) is 3.10. The van der Waals surface area contributed by atoms with Crippen LogP contribution in [0.2, 0.25) is 0 Å². The van der Waals surface area contributed by atoms with Crippen LogP contribution < -0.4 is 5.48 Å². The molecule has 0 heterocycles. The van der Waals surface area contributed by atoms with Crippen LogP contribution >= 0.6 is 15.9 Å². The predicted octanol–water partition coefficient (Wildman–Crippen LogP) is 3.66. The number of hydrogen-bond acceptors (Lipinski definition) is 2. The average molecular weight is 303 g/mol. The molecule has 0 aromatic heterocycles. The molecule has 0 amide bonds. The zero-order chi connectivity index (χ0) is 12.5. The maximum absolute atomic E-state index is 8.49. The normalized spacial score (nSPS) is 12.6. The molecular formula is C14H11BrN2O. The molecule has 4 heteroatoms. The van der Waals surface area contributed by atoms with E-state index >= 15 is 0 Å². The molecule has 0 fully saturated rings. The monoisotopic (exact) mass is 302 g/mol. The molecule has 1 aliphatic carbocycles. The molecule has 0 saturated heterocycles. The topological polar surface area (TPSA) is 44.6 Å². The van der Waals surface area contributed by atoms with Crippen LogP contribution in [-0.4, -0.2) is 11.5 Å². The average Bonchev–Trinajstić information content (AvgIpc) is 2.72. The molecule has 3 rings (SSSR count). The van der Waals surface area contributed by atoms with Gasteiger partial charge in [-0.2, -0.15) is 0 Å². The summed E-state index contributed by atoms with van der Waals surface area (Å²) >= 11 is 3.50. The van der Waals surface area contributed by atoms with E-state index < -0.39 is 0 Å². The van der Waals surface area contributed by atoms with E-state index in [-0.39, 0.29) is 0 Å². The van der Waals surface area contributed by atoms with E-state index in [1.165, 1.54) is 28.6 Å². The van der Waals surface area contributed by atoms with Crippen LogP contribution in [0.25, 0.3) is 11.1 Å². The zero-order valence-corrected chi connectivity index (χ0v) is 11.1. The quantitative estimate of drug-likeness (QED) is 0.431. The van der Waals surface area contributed by atoms with E-state index in [0.29, 0.717) is 0 Å². The van der Waals surface area contributed by atoms with Gasteiger partial charge in [-0.15, -0.1) is 0 Å². The van der Waals surface area contributed by atoms with E-state index in [2.05, 4.69) is 51.3 Å². The molecule has 0 unspecified atom stereocenters. The van der Waals surface area contributed by atoms with Gasteiger partial charge in [0.15, 0.2) is 0 Å². The second kappa shape index (κ2) is 4.55. The van der Waals surface area contributed by atoms with Gasteiger partial charge in [0, 0.05) is 4.47 Å². The summed E-state index contributed by atoms with van der Waals surface area (Å²) in [7, 11) is 0. The van der Waals surface area contributed by atoms with Crippen molar-refractivity contribution >= 4 is 28.0 Å². The fourth-order valence-corrected chi connectivity index (χ4v) is 2.76. The van der Waals surface area contributed by atoms with E-state index in [9.17, 15) is 0 Å². The Kier molecular flexibility index (Phi) is 2.89. The van der Waals surface area contributed by atoms with Crippen molar-refractivity contribution in [3.05, 3.63) is 52.0 Å². The minimum Gasteiger partial charge on any atom is -0.290 e. The molecule has 0 bridgehead atoms. The Morgan fingerprint density at radius 2 is 1.83 bits per heavy atom. The lowest BCUT2D eigenvalue weighted by Gasteiger charge is -2.01. The number of hydrogen-bond donors (Lipinski definition) is 2. The minimum absolute atomic E-state index is 0.835. The fraction of sp³-hybridized carbons (Fsp3) is 0.0714. The molecule has 3 nitrogen and oxygen atoms in total. The molecule has 2 aromatic carbocycles. The van der Waals surface area contributed by atoms with Gasteiger partial charge in [-0.05, 0) is 52.9 Å². The predicted molar refractivity (Wildman–Crippen MR) is 75.5 cm³/mol. The number of halogens is 1. The molecule has 0 spiro atoms. The Morgan fingerprint density at radius 1 is 1.11 bits per heavy atom. The number of rotatable bonds is 2. The summed E-state index contributed by atoms with van der Waals surface area (Å²) in [5.74, 6) is 0. The fourth-order valence-electron chi connectivity index (χ4n) is 2.35. The standard InChI is InChI=1S/C14H11BrN2O/c15-11-1-3-13-9(6-11)5-10-7-12(16-8-17-18)2-4-14(10)13/h1-4,6-8,18H,5H2,(H,16,17). The summed E-state index contributed by atoms with van der Waals surface area (Å²) in [6, 6.07) is 12.5. The van der Waals surface area contributed by atoms with Crippen LogP contribution in [-0.2, 0) is 6.42 Å². The summed E-state index contributed by atoms with van der Waals surface area (Å²) < 4.78 is 1.11. The first kappa shape index (κ1) is 11.4. The highest BCUT2D eigenvalue weighted by Gasteiger charge is 2.18. The van der Waals surface area contributed by atoms with Crippen molar-refractivity contribution < 1.29 is 5.21 Å². The first-order chi connectivity index (χ1) is 8.78. The molecule has 2 aromatic rings. The number of benzene rings is 2. The van der Waals surface area contributed by atoms with E-state index in [0.717, 1.165) is 16.6 Å². The van der Waals surface area contributed by atoms with E-state index in [1.54, 1.807) is 0 Å². The highest BCUT2D eigenvalue weighted by Crippen LogP contribution is 2.39. The highest BCUT2D eigenvalue weighted by atomic mass is 79.9. The van der Waals surface area contributed by atoms with Gasteiger partial charge in [-0.3, -0.25) is 10.7 Å². The van der Waals surface area contributed by atoms with Crippen molar-refractivity contribution in [1.82, 2.24) is 5.48 Å². The molecule has 0 saturated carbocycles. The van der Waals surface area contributed by atoms with Crippen LogP contribution in [0.4, 0.5) is 5.69 Å². The van der Waals surface area contributed by atoms with Crippen molar-refractivity contribution in [2.75, 3.05) is 0 Å². The van der Waals surface area contributed by atoms with Gasteiger partial charge in [-0.25, -0.2) is 4.99 Å². The third-order valence-corrected chi connectivity index (χ3v) is 3.59. The number of fused-ring (bicyclic) bond motifs is 3. The Hall–Kier alpha value is -1.65. The second-order valence-electron chi connectivity index (χ2n) is 4.21. The Bertz CT molecular complexity index is 638. The third kappa shape index (κ3) is 1.94. The maximum Gasteiger partial charge on any atom is 0.113 e. The molecule has 0 radical (unpaired) electrons. The molecule has 1 aliphatic rings. The van der Waals surface area contributed by atoms with Gasteiger partial charge < -0.3 is 0 Å². The molecular weight excluding hydrogens is 292 g/mol. The van der Waals surface area contributed by atoms with Crippen LogP contribution in [0.3, 0.4) is 0 Å². The molecule has 2 N–H and O–H groups in total. The molecule has 0 aliphatic heterocycles. The Balaban J connectivity index is 2.03. The van der Waals surface area contributed by atoms with Crippen molar-refractivity contribution in [3.63, 3.8) is 0 Å². The lowest BCUT2D eigenvalue weighted by molar-refractivity contribution is 0.240. The van der Waals surface area contributed by atoms with Gasteiger partial charge in [-0.1, -0.05) is 28.1 Å². The first-order valence-electron chi connectivity index (χ1n) is 5.62. The second-order valence-corrected chi connectivity index (χ2v) is 5.12. The lowest BCUT2D eigenvalue weighted by atomic mass is 10.1. The van der Waals surface area contributed by atoms with Gasteiger partial charge >= 0.3 is 0 Å². The van der Waals surface area contributed by atoms with Crippen LogP contribution in [0, 0.1) is 0 Å². The maximum atomic E-state index is 8.49. The van der Waals surface area contributed by atoms with Gasteiger partial charge in [0.1, 0.15) is 6.34 Å². The Morgan fingerprint density at radius 3 is 2.61 bits per heavy atom. The van der Waals surface area contributed by atoms with Crippen LogP contribution in [0.1, 0.15) is 11.1 Å². The first-order valence-corrected chi connectivity index (χ1v) is 6.41. The van der Waals surface area contributed by atoms with Gasteiger partial charge in [0.25, 0.3) is 0 Å². The van der Waals surface area contributed by atoms with E-state index in [4.69, 9.17) is 5.21 Å². The summed E-state index contributed by atoms with van der Waals surface area (Å²) in [6.45, 7) is 0. The lowest BCUT2D eigenvalue weighted by Crippen LogP contribution is -2.00. The van der Waals surface area contributed by atoms with Crippen molar-refractivity contribution in [2.24, 2.45) is 4.99 Å². The van der Waals surface area contributed by atoms with Crippen molar-refractivity contribution in [2.45, 2.75) is 6.42 Å². The van der Waals surface area contributed by atoms with Crippen molar-refractivity contribution in [1.29, 1.82) is 0 Å². The van der Waals surface area contributed by atoms with E-state index in [1.807, 2.05) is 11.5 Å². The van der Waals surface area contributed by atoms with Gasteiger partial charge in [0.05, 0.1) is 5.69 Å². The molecule has 90 valence electrons. The molecule has 0 atom stereocenters. The minimum atomic E-state index is 0.835. The largest absolute Gasteiger partial charge is 0.290 e. The smallest absolute Gasteiger partial charge is 0.113 e.